The van der Waals surface area contributed by atoms with E-state index in [1.54, 1.807) is 29.2 Å². The third-order valence-corrected chi connectivity index (χ3v) is 6.25. The molecule has 2 aromatic carbocycles. The highest BCUT2D eigenvalue weighted by atomic mass is 16.6. The zero-order valence-corrected chi connectivity index (χ0v) is 16.8. The first-order chi connectivity index (χ1) is 15.4. The number of nitriles is 1. The highest BCUT2D eigenvalue weighted by Gasteiger charge is 2.59. The van der Waals surface area contributed by atoms with Crippen LogP contribution in [0, 0.1) is 21.4 Å². The monoisotopic (exact) mass is 427 g/mol. The Balaban J connectivity index is 1.82. The van der Waals surface area contributed by atoms with Crippen molar-refractivity contribution < 1.29 is 14.5 Å². The van der Waals surface area contributed by atoms with Crippen molar-refractivity contribution in [2.45, 2.75) is 24.7 Å². The number of rotatable bonds is 2. The minimum atomic E-state index is -1.61. The van der Waals surface area contributed by atoms with Crippen molar-refractivity contribution >= 4 is 28.8 Å². The van der Waals surface area contributed by atoms with Gasteiger partial charge in [-0.3, -0.25) is 24.6 Å². The topological polar surface area (TPSA) is 142 Å². The molecule has 2 aromatic rings. The van der Waals surface area contributed by atoms with E-state index in [1.165, 1.54) is 24.3 Å². The van der Waals surface area contributed by atoms with Gasteiger partial charge in [-0.25, -0.2) is 0 Å². The molecular weight excluding hydrogens is 410 g/mol. The number of nitrogens with two attached hydrogens (primary N) is 1. The fraction of sp³-hybridized carbons (Fsp3) is 0.174. The fourth-order valence-corrected chi connectivity index (χ4v) is 4.96. The first kappa shape index (κ1) is 19.5. The molecule has 1 aliphatic carbocycles. The van der Waals surface area contributed by atoms with E-state index in [4.69, 9.17) is 5.73 Å². The van der Waals surface area contributed by atoms with Gasteiger partial charge >= 0.3 is 0 Å². The lowest BCUT2D eigenvalue weighted by molar-refractivity contribution is -0.384. The van der Waals surface area contributed by atoms with E-state index < -0.39 is 16.2 Å². The molecule has 0 bridgehead atoms. The molecule has 158 valence electrons. The number of para-hydroxylation sites is 1. The van der Waals surface area contributed by atoms with Crippen molar-refractivity contribution in [1.82, 2.24) is 0 Å². The molecule has 1 atom stereocenters. The van der Waals surface area contributed by atoms with Crippen molar-refractivity contribution in [2.24, 2.45) is 5.73 Å². The van der Waals surface area contributed by atoms with Crippen molar-refractivity contribution in [3.8, 4) is 6.07 Å². The SMILES string of the molecule is N#CC1=C(N)N(c2ccc([N+](=O)[O-])cc2)C2=C(C(=O)CCC2)C12C(=O)Nc1ccccc12. The van der Waals surface area contributed by atoms with Gasteiger partial charge in [-0.05, 0) is 31.0 Å². The number of nitrogens with zero attached hydrogens (tertiary/aromatic N) is 3. The molecule has 9 heteroatoms. The van der Waals surface area contributed by atoms with Gasteiger partial charge in [0.1, 0.15) is 17.3 Å². The van der Waals surface area contributed by atoms with Gasteiger partial charge in [0.25, 0.3) is 5.69 Å². The van der Waals surface area contributed by atoms with Crippen molar-refractivity contribution in [3.05, 3.63) is 86.9 Å². The molecule has 3 N–H and O–H groups in total. The van der Waals surface area contributed by atoms with Gasteiger partial charge in [-0.1, -0.05) is 18.2 Å². The molecule has 3 aliphatic rings. The van der Waals surface area contributed by atoms with Gasteiger partial charge in [0.05, 0.1) is 10.5 Å². The molecule has 1 amide bonds. The van der Waals surface area contributed by atoms with Gasteiger partial charge in [-0.15, -0.1) is 0 Å². The molecule has 1 unspecified atom stereocenters. The molecule has 32 heavy (non-hydrogen) atoms. The van der Waals surface area contributed by atoms with E-state index >= 15 is 0 Å². The maximum atomic E-state index is 13.5. The van der Waals surface area contributed by atoms with Gasteiger partial charge in [-0.2, -0.15) is 5.26 Å². The summed E-state index contributed by atoms with van der Waals surface area (Å²) < 4.78 is 0. The third-order valence-electron chi connectivity index (χ3n) is 6.25. The zero-order valence-electron chi connectivity index (χ0n) is 16.8. The number of hydrogen-bond acceptors (Lipinski definition) is 7. The molecule has 1 spiro atoms. The number of carbonyl (C=O) groups is 2. The second kappa shape index (κ2) is 6.78. The molecule has 0 saturated carbocycles. The highest BCUT2D eigenvalue weighted by molar-refractivity contribution is 6.19. The molecule has 0 fully saturated rings. The third kappa shape index (κ3) is 2.37. The van der Waals surface area contributed by atoms with Crippen molar-refractivity contribution in [3.63, 3.8) is 0 Å². The van der Waals surface area contributed by atoms with Crippen LogP contribution in [0.2, 0.25) is 0 Å². The van der Waals surface area contributed by atoms with Crippen LogP contribution in [0.5, 0.6) is 0 Å². The van der Waals surface area contributed by atoms with Crippen molar-refractivity contribution in [1.29, 1.82) is 5.26 Å². The smallest absolute Gasteiger partial charge is 0.269 e. The Labute approximate surface area is 182 Å². The number of fused-ring (bicyclic) bond motifs is 3. The van der Waals surface area contributed by atoms with E-state index in [1.807, 2.05) is 0 Å². The lowest BCUT2D eigenvalue weighted by Crippen LogP contribution is -2.50. The summed E-state index contributed by atoms with van der Waals surface area (Å²) in [5.74, 6) is -0.670. The summed E-state index contributed by atoms with van der Waals surface area (Å²) >= 11 is 0. The maximum Gasteiger partial charge on any atom is 0.269 e. The lowest BCUT2D eigenvalue weighted by atomic mass is 9.64. The number of nitro groups is 1. The first-order valence-corrected chi connectivity index (χ1v) is 10.0. The zero-order chi connectivity index (χ0) is 22.6. The van der Waals surface area contributed by atoms with Crippen LogP contribution in [-0.4, -0.2) is 16.6 Å². The molecule has 0 aromatic heterocycles. The number of Topliss-reactive ketones (excluding diaryl/α,β-unsaturated/α-hetero) is 1. The second-order valence-electron chi connectivity index (χ2n) is 7.83. The van der Waals surface area contributed by atoms with Crippen LogP contribution in [-0.2, 0) is 15.0 Å². The molecular formula is C23H17N5O4. The summed E-state index contributed by atoms with van der Waals surface area (Å²) in [4.78, 5) is 38.9. The summed E-state index contributed by atoms with van der Waals surface area (Å²) in [5.41, 5.74) is 7.09. The van der Waals surface area contributed by atoms with Crippen LogP contribution < -0.4 is 16.0 Å². The average Bonchev–Trinajstić information content (AvgIpc) is 3.07. The van der Waals surface area contributed by atoms with E-state index in [-0.39, 0.29) is 34.9 Å². The van der Waals surface area contributed by atoms with Gasteiger partial charge < -0.3 is 11.1 Å². The number of carbonyl (C=O) groups excluding carboxylic acids is 2. The molecule has 2 heterocycles. The predicted octanol–water partition coefficient (Wildman–Crippen LogP) is 3.01. The summed E-state index contributed by atoms with van der Waals surface area (Å²) in [6.45, 7) is 0. The minimum absolute atomic E-state index is 0.0293. The minimum Gasteiger partial charge on any atom is -0.384 e. The molecule has 5 rings (SSSR count). The number of hydrogen-bond donors (Lipinski definition) is 2. The Bertz CT molecular complexity index is 1320. The normalized spacial score (nSPS) is 21.9. The number of amides is 1. The van der Waals surface area contributed by atoms with Crippen LogP contribution in [0.15, 0.2) is 71.2 Å². The standard InChI is InChI=1S/C23H17N5O4/c24-12-16-21(25)27(13-8-10-14(11-9-13)28(31)32)18-6-3-7-19(29)20(18)23(16)15-4-1-2-5-17(15)26-22(23)30/h1-2,4-5,8-11H,3,6-7,25H2,(H,26,30). The Kier molecular flexibility index (Phi) is 4.14. The molecule has 0 radical (unpaired) electrons. The summed E-state index contributed by atoms with van der Waals surface area (Å²) in [5, 5.41) is 24.0. The van der Waals surface area contributed by atoms with E-state index in [0.29, 0.717) is 35.5 Å². The van der Waals surface area contributed by atoms with E-state index in [0.717, 1.165) is 0 Å². The van der Waals surface area contributed by atoms with Crippen LogP contribution in [0.25, 0.3) is 0 Å². The van der Waals surface area contributed by atoms with E-state index in [2.05, 4.69) is 11.4 Å². The lowest BCUT2D eigenvalue weighted by Gasteiger charge is -2.43. The number of nitrogens with one attached hydrogen (secondary N) is 1. The summed E-state index contributed by atoms with van der Waals surface area (Å²) in [7, 11) is 0. The predicted molar refractivity (Wildman–Crippen MR) is 115 cm³/mol. The highest BCUT2D eigenvalue weighted by Crippen LogP contribution is 2.55. The fourth-order valence-electron chi connectivity index (χ4n) is 4.96. The first-order valence-electron chi connectivity index (χ1n) is 10.0. The van der Waals surface area contributed by atoms with Gasteiger partial charge in [0, 0.05) is 46.8 Å². The largest absolute Gasteiger partial charge is 0.384 e. The average molecular weight is 427 g/mol. The molecule has 2 aliphatic heterocycles. The Hall–Kier alpha value is -4.45. The van der Waals surface area contributed by atoms with Gasteiger partial charge in [0.2, 0.25) is 5.91 Å². The number of benzene rings is 2. The Morgan fingerprint density at radius 2 is 1.84 bits per heavy atom. The molecule has 9 nitrogen and oxygen atoms in total. The number of anilines is 2. The Morgan fingerprint density at radius 1 is 1.12 bits per heavy atom. The Morgan fingerprint density at radius 3 is 2.53 bits per heavy atom. The quantitative estimate of drug-likeness (QED) is 0.554. The van der Waals surface area contributed by atoms with Crippen LogP contribution in [0.4, 0.5) is 17.1 Å². The number of allylic oxidation sites excluding steroid dienone is 1. The summed E-state index contributed by atoms with van der Waals surface area (Å²) in [6.07, 6.45) is 1.28. The second-order valence-corrected chi connectivity index (χ2v) is 7.83. The van der Waals surface area contributed by atoms with E-state index in [9.17, 15) is 25.0 Å². The molecule has 0 saturated heterocycles. The van der Waals surface area contributed by atoms with Crippen LogP contribution in [0.1, 0.15) is 24.8 Å². The maximum absolute atomic E-state index is 13.5. The summed E-state index contributed by atoms with van der Waals surface area (Å²) in [6, 6.07) is 14.8. The number of non-ortho nitro benzene ring substituents is 1. The van der Waals surface area contributed by atoms with Crippen LogP contribution in [0.3, 0.4) is 0 Å². The number of ketones is 1. The van der Waals surface area contributed by atoms with Crippen molar-refractivity contribution in [2.75, 3.05) is 10.2 Å². The number of nitro benzene ring substituents is 1. The van der Waals surface area contributed by atoms with Gasteiger partial charge in [0.15, 0.2) is 5.78 Å². The van der Waals surface area contributed by atoms with Crippen LogP contribution >= 0.6 is 0 Å².